The number of nitrogens with zero attached hydrogens (tertiary/aromatic N) is 3. The Balaban J connectivity index is 1.16. The Morgan fingerprint density at radius 2 is 0.976 bits per heavy atom. The van der Waals surface area contributed by atoms with Gasteiger partial charge in [0.15, 0.2) is 0 Å². The second-order valence-electron chi connectivity index (χ2n) is 31.7. The van der Waals surface area contributed by atoms with Crippen molar-refractivity contribution in [3.05, 3.63) is 208 Å². The number of rotatable bonds is 5. The zero-order chi connectivity index (χ0) is 60.0. The van der Waals surface area contributed by atoms with Crippen molar-refractivity contribution < 1.29 is 0 Å². The predicted octanol–water partition coefficient (Wildman–Crippen LogP) is 21.1. The summed E-state index contributed by atoms with van der Waals surface area (Å²) in [5.41, 5.74) is 29.3. The molecule has 3 aliphatic carbocycles. The highest BCUT2D eigenvalue weighted by atomic mass is 32.1. The fourth-order valence-electron chi connectivity index (χ4n) is 15.4. The zero-order valence-electron chi connectivity index (χ0n) is 53.8. The lowest BCUT2D eigenvalue weighted by molar-refractivity contribution is 0.332. The molecule has 0 atom stereocenters. The van der Waals surface area contributed by atoms with Gasteiger partial charge in [-0.25, -0.2) is 0 Å². The number of thiophene rings is 1. The minimum absolute atomic E-state index is 0.00184. The molecule has 0 radical (unpaired) electrons. The van der Waals surface area contributed by atoms with Crippen LogP contribution >= 0.6 is 11.3 Å². The van der Waals surface area contributed by atoms with E-state index in [2.05, 4.69) is 284 Å². The monoisotopic (exact) mass is 1130 g/mol. The van der Waals surface area contributed by atoms with Crippen LogP contribution in [-0.4, -0.2) is 6.71 Å². The molecule has 14 rings (SSSR count). The van der Waals surface area contributed by atoms with Crippen LogP contribution < -0.4 is 30.4 Å². The Morgan fingerprint density at radius 3 is 1.59 bits per heavy atom. The summed E-state index contributed by atoms with van der Waals surface area (Å²) in [6.07, 6.45) is 4.60. The van der Waals surface area contributed by atoms with Gasteiger partial charge in [-0.15, -0.1) is 11.3 Å². The van der Waals surface area contributed by atoms with E-state index < -0.39 is 0 Å². The normalized spacial score (nSPS) is 17.6. The van der Waals surface area contributed by atoms with Gasteiger partial charge in [0, 0.05) is 54.6 Å². The molecule has 0 bridgehead atoms. The van der Waals surface area contributed by atoms with Crippen LogP contribution in [0.2, 0.25) is 0 Å². The van der Waals surface area contributed by atoms with E-state index in [-0.39, 0.29) is 44.6 Å². The smallest absolute Gasteiger partial charge is 0.264 e. The van der Waals surface area contributed by atoms with Crippen LogP contribution in [0.1, 0.15) is 193 Å². The van der Waals surface area contributed by atoms with Crippen LogP contribution in [0.15, 0.2) is 158 Å². The molecule has 0 saturated heterocycles. The molecule has 0 fully saturated rings. The molecule has 430 valence electrons. The van der Waals surface area contributed by atoms with Gasteiger partial charge in [-0.3, -0.25) is 0 Å². The van der Waals surface area contributed by atoms with E-state index >= 15 is 0 Å². The molecule has 0 amide bonds. The van der Waals surface area contributed by atoms with Crippen molar-refractivity contribution in [2.75, 3.05) is 14.7 Å². The average Bonchev–Trinajstić information content (AvgIpc) is 1.67. The highest BCUT2D eigenvalue weighted by Gasteiger charge is 2.49. The van der Waals surface area contributed by atoms with Crippen LogP contribution in [0.25, 0.3) is 26.8 Å². The molecular weight excluding hydrogens is 1050 g/mol. The Bertz CT molecular complexity index is 4270. The first-order chi connectivity index (χ1) is 39.9. The topological polar surface area (TPSA) is 9.72 Å². The number of anilines is 9. The molecule has 1 aromatic heterocycles. The molecule has 3 nitrogen and oxygen atoms in total. The molecule has 0 saturated carbocycles. The summed E-state index contributed by atoms with van der Waals surface area (Å²) in [6, 6.07) is 60.4. The van der Waals surface area contributed by atoms with E-state index in [1.54, 1.807) is 0 Å². The van der Waals surface area contributed by atoms with Crippen molar-refractivity contribution in [1.29, 1.82) is 0 Å². The van der Waals surface area contributed by atoms with E-state index in [0.29, 0.717) is 0 Å². The van der Waals surface area contributed by atoms with Crippen molar-refractivity contribution in [2.24, 2.45) is 0 Å². The Kier molecular flexibility index (Phi) is 12.1. The fraction of sp³-hybridized carbons (Fsp3) is 0.350. The van der Waals surface area contributed by atoms with Crippen molar-refractivity contribution in [3.63, 3.8) is 0 Å². The van der Waals surface area contributed by atoms with Crippen LogP contribution in [0, 0.1) is 0 Å². The lowest BCUT2D eigenvalue weighted by Crippen LogP contribution is -2.61. The Hall–Kier alpha value is -7.08. The van der Waals surface area contributed by atoms with Gasteiger partial charge < -0.3 is 14.7 Å². The minimum atomic E-state index is -0.0498. The molecular formula is C80H86BN3S. The molecule has 0 unspecified atom stereocenters. The molecule has 5 heteroatoms. The van der Waals surface area contributed by atoms with E-state index in [0.717, 1.165) is 41.9 Å². The first-order valence-electron chi connectivity index (χ1n) is 31.6. The third-order valence-corrected chi connectivity index (χ3v) is 22.2. The van der Waals surface area contributed by atoms with Gasteiger partial charge in [0.1, 0.15) is 0 Å². The third kappa shape index (κ3) is 8.61. The number of fused-ring (bicyclic) bond motifs is 11. The van der Waals surface area contributed by atoms with E-state index in [4.69, 9.17) is 6.58 Å². The molecule has 3 heterocycles. The van der Waals surface area contributed by atoms with Crippen LogP contribution in [0.5, 0.6) is 0 Å². The molecule has 85 heavy (non-hydrogen) atoms. The number of hydrogen-bond acceptors (Lipinski definition) is 4. The van der Waals surface area contributed by atoms with Gasteiger partial charge in [0.2, 0.25) is 0 Å². The summed E-state index contributed by atoms with van der Waals surface area (Å²) in [4.78, 5) is 8.02. The van der Waals surface area contributed by atoms with E-state index in [1.165, 1.54) is 128 Å². The molecule has 2 aliphatic heterocycles. The van der Waals surface area contributed by atoms with Crippen molar-refractivity contribution in [2.45, 2.75) is 181 Å². The Labute approximate surface area is 512 Å². The van der Waals surface area contributed by atoms with Gasteiger partial charge in [0.25, 0.3) is 6.71 Å². The summed E-state index contributed by atoms with van der Waals surface area (Å²) in [5.74, 6) is 0. The first kappa shape index (κ1) is 55.8. The van der Waals surface area contributed by atoms with Crippen molar-refractivity contribution >= 4 is 101 Å². The van der Waals surface area contributed by atoms with Gasteiger partial charge in [0.05, 0.1) is 17.1 Å². The third-order valence-electron chi connectivity index (χ3n) is 20.9. The van der Waals surface area contributed by atoms with Gasteiger partial charge >= 0.3 is 0 Å². The Morgan fingerprint density at radius 1 is 0.459 bits per heavy atom. The van der Waals surface area contributed by atoms with Crippen molar-refractivity contribution in [1.82, 2.24) is 0 Å². The lowest BCUT2D eigenvalue weighted by Gasteiger charge is -2.48. The first-order valence-corrected chi connectivity index (χ1v) is 32.4. The summed E-state index contributed by atoms with van der Waals surface area (Å²) < 4.78 is 2.74. The second kappa shape index (κ2) is 18.5. The van der Waals surface area contributed by atoms with Gasteiger partial charge in [-0.05, 0) is 209 Å². The van der Waals surface area contributed by atoms with Crippen LogP contribution in [-0.2, 0) is 37.9 Å². The highest BCUT2D eigenvalue weighted by molar-refractivity contribution is 7.33. The van der Waals surface area contributed by atoms with Gasteiger partial charge in [-0.1, -0.05) is 203 Å². The molecule has 0 spiro atoms. The summed E-state index contributed by atoms with van der Waals surface area (Å²) >= 11 is 2.01. The van der Waals surface area contributed by atoms with Crippen molar-refractivity contribution in [3.8, 4) is 11.1 Å². The van der Waals surface area contributed by atoms with Crippen LogP contribution in [0.3, 0.4) is 0 Å². The predicted molar refractivity (Wildman–Crippen MR) is 371 cm³/mol. The second-order valence-corrected chi connectivity index (χ2v) is 32.7. The van der Waals surface area contributed by atoms with E-state index in [1.807, 2.05) is 11.3 Å². The summed E-state index contributed by atoms with van der Waals surface area (Å²) in [5, 5.41) is 1.32. The molecule has 0 N–H and O–H groups in total. The maximum absolute atomic E-state index is 4.93. The minimum Gasteiger partial charge on any atom is -0.311 e. The lowest BCUT2D eigenvalue weighted by atomic mass is 9.35. The zero-order valence-corrected chi connectivity index (χ0v) is 54.6. The average molecular weight is 1130 g/mol. The molecule has 8 aromatic carbocycles. The van der Waals surface area contributed by atoms with Crippen LogP contribution in [0.4, 0.5) is 51.2 Å². The highest BCUT2D eigenvalue weighted by Crippen LogP contribution is 2.57. The number of benzene rings is 8. The van der Waals surface area contributed by atoms with E-state index in [9.17, 15) is 0 Å². The standard InChI is InChI=1S/C80H86BN3S/c1-48-56-22-19-20-23-57(56)58-24-21-25-65(70(48)58)82(52-31-26-49(27-32-52)74(2,3)4)55-44-67-71-68(45-55)84(53-33-28-50(29-34-53)75(5,6)7)72-59-42-51(76(8,9)10)30-37-69(59)85-73(72)81(71)64-46-62-63(80(17,18)41-40-79(62,15)16)47-66(64)83(67)54-35-36-60-61(43-54)78(13,14)39-38-77(60,11)12/h19-37,42-47H,1,38-41H2,2-18H3. The maximum Gasteiger partial charge on any atom is 0.264 e. The maximum atomic E-state index is 4.93. The molecule has 5 aliphatic rings. The van der Waals surface area contributed by atoms with Gasteiger partial charge in [-0.2, -0.15) is 0 Å². The SMILES string of the molecule is C=C1c2ccccc2-c2cccc(N(c3ccc(C(C)(C)C)cc3)c3cc4c5c(c3)N(c3ccc(C(C)(C)C)cc3)c3c(sc6ccc(C(C)(C)C)cc36)B5c3cc5c(cc3N4c3ccc4c(c3)C(C)(C)CCC4(C)C)C(C)(C)CCC5(C)C)c21. The summed E-state index contributed by atoms with van der Waals surface area (Å²) in [7, 11) is 0. The largest absolute Gasteiger partial charge is 0.311 e. The quantitative estimate of drug-likeness (QED) is 0.159. The fourth-order valence-corrected chi connectivity index (χ4v) is 16.7. The summed E-state index contributed by atoms with van der Waals surface area (Å²) in [6.45, 7) is 45.8. The number of hydrogen-bond donors (Lipinski definition) is 0. The molecule has 9 aromatic rings.